The van der Waals surface area contributed by atoms with Crippen LogP contribution in [-0.4, -0.2) is 31.0 Å². The number of piperidine rings is 1. The Morgan fingerprint density at radius 2 is 1.88 bits per heavy atom. The monoisotopic (exact) mass is 436 g/mol. The topological polar surface area (TPSA) is 41.6 Å². The molecule has 1 saturated heterocycles. The van der Waals surface area contributed by atoms with E-state index in [9.17, 15) is 13.6 Å². The molecule has 0 spiro atoms. The molecule has 1 N–H and O–H groups in total. The number of anilines is 1. The summed E-state index contributed by atoms with van der Waals surface area (Å²) in [6, 6.07) is 19.0. The second kappa shape index (κ2) is 9.92. The number of ether oxygens (including phenoxy) is 1. The lowest BCUT2D eigenvalue weighted by Gasteiger charge is -2.32. The summed E-state index contributed by atoms with van der Waals surface area (Å²) in [5, 5.41) is 3.09. The van der Waals surface area contributed by atoms with Crippen LogP contribution in [0, 0.1) is 17.6 Å². The molecule has 166 valence electrons. The highest BCUT2D eigenvalue weighted by Crippen LogP contribution is 2.30. The summed E-state index contributed by atoms with van der Waals surface area (Å²) in [5.74, 6) is -0.607. The van der Waals surface area contributed by atoms with E-state index >= 15 is 0 Å². The maximum absolute atomic E-state index is 14.0. The standard InChI is InChI=1S/C26H26F2N2O2/c1-32-22-12-9-18(10-13-22)23-6-2-3-7-25(23)29-26(31)20-5-4-14-30(17-20)16-19-8-11-21(27)15-24(19)28/h2-3,6-13,15,20H,4-5,14,16-17H2,1H3,(H,29,31). The van der Waals surface area contributed by atoms with Gasteiger partial charge in [0.25, 0.3) is 0 Å². The molecule has 3 aromatic carbocycles. The lowest BCUT2D eigenvalue weighted by Crippen LogP contribution is -2.40. The number of nitrogens with one attached hydrogen (secondary N) is 1. The van der Waals surface area contributed by atoms with Crippen molar-refractivity contribution in [3.8, 4) is 16.9 Å². The second-order valence-corrected chi connectivity index (χ2v) is 8.07. The van der Waals surface area contributed by atoms with E-state index in [4.69, 9.17) is 4.74 Å². The molecule has 1 amide bonds. The molecule has 1 aliphatic rings. The Bertz CT molecular complexity index is 1090. The van der Waals surface area contributed by atoms with E-state index < -0.39 is 11.6 Å². The van der Waals surface area contributed by atoms with E-state index in [1.54, 1.807) is 7.11 Å². The summed E-state index contributed by atoms with van der Waals surface area (Å²) < 4.78 is 32.5. The van der Waals surface area contributed by atoms with Crippen LogP contribution in [-0.2, 0) is 11.3 Å². The van der Waals surface area contributed by atoms with Crippen LogP contribution < -0.4 is 10.1 Å². The molecule has 0 saturated carbocycles. The van der Waals surface area contributed by atoms with Crippen molar-refractivity contribution >= 4 is 11.6 Å². The van der Waals surface area contributed by atoms with Gasteiger partial charge in [-0.05, 0) is 49.2 Å². The number of rotatable bonds is 6. The minimum Gasteiger partial charge on any atom is -0.497 e. The van der Waals surface area contributed by atoms with Crippen molar-refractivity contribution in [2.45, 2.75) is 19.4 Å². The number of carbonyl (C=O) groups excluding carboxylic acids is 1. The molecule has 4 nitrogen and oxygen atoms in total. The Hall–Kier alpha value is -3.25. The number of methoxy groups -OCH3 is 1. The Balaban J connectivity index is 1.44. The first-order chi connectivity index (χ1) is 15.5. The normalized spacial score (nSPS) is 16.5. The van der Waals surface area contributed by atoms with Gasteiger partial charge in [-0.3, -0.25) is 9.69 Å². The molecule has 0 aliphatic carbocycles. The number of carbonyl (C=O) groups is 1. The molecule has 1 fully saturated rings. The summed E-state index contributed by atoms with van der Waals surface area (Å²) >= 11 is 0. The zero-order valence-corrected chi connectivity index (χ0v) is 18.0. The van der Waals surface area contributed by atoms with Crippen LogP contribution in [0.3, 0.4) is 0 Å². The van der Waals surface area contributed by atoms with Crippen molar-refractivity contribution in [1.29, 1.82) is 0 Å². The predicted octanol–water partition coefficient (Wildman–Crippen LogP) is 5.49. The fourth-order valence-electron chi connectivity index (χ4n) is 4.15. The summed E-state index contributed by atoms with van der Waals surface area (Å²) in [6.45, 7) is 1.68. The smallest absolute Gasteiger partial charge is 0.228 e. The second-order valence-electron chi connectivity index (χ2n) is 8.07. The molecule has 0 bridgehead atoms. The highest BCUT2D eigenvalue weighted by molar-refractivity contribution is 5.97. The molecule has 32 heavy (non-hydrogen) atoms. The van der Waals surface area contributed by atoms with E-state index in [1.165, 1.54) is 12.1 Å². The molecule has 1 heterocycles. The molecule has 1 unspecified atom stereocenters. The van der Waals surface area contributed by atoms with Gasteiger partial charge in [-0.1, -0.05) is 36.4 Å². The Labute approximate surface area is 186 Å². The number of hydrogen-bond acceptors (Lipinski definition) is 3. The fraction of sp³-hybridized carbons (Fsp3) is 0.269. The third kappa shape index (κ3) is 5.14. The predicted molar refractivity (Wildman–Crippen MR) is 121 cm³/mol. The summed E-state index contributed by atoms with van der Waals surface area (Å²) in [6.07, 6.45) is 1.62. The van der Waals surface area contributed by atoms with E-state index in [2.05, 4.69) is 10.2 Å². The molecule has 4 rings (SSSR count). The van der Waals surface area contributed by atoms with Crippen molar-refractivity contribution < 1.29 is 18.3 Å². The molecule has 6 heteroatoms. The highest BCUT2D eigenvalue weighted by Gasteiger charge is 2.27. The van der Waals surface area contributed by atoms with Gasteiger partial charge >= 0.3 is 0 Å². The molecule has 3 aromatic rings. The van der Waals surface area contributed by atoms with Gasteiger partial charge in [0.15, 0.2) is 0 Å². The van der Waals surface area contributed by atoms with Gasteiger partial charge in [-0.2, -0.15) is 0 Å². The van der Waals surface area contributed by atoms with Crippen LogP contribution in [0.2, 0.25) is 0 Å². The molecular formula is C26H26F2N2O2. The molecule has 1 aliphatic heterocycles. The number of halogens is 2. The van der Waals surface area contributed by atoms with Gasteiger partial charge in [0.1, 0.15) is 17.4 Å². The number of hydrogen-bond donors (Lipinski definition) is 1. The van der Waals surface area contributed by atoms with E-state index in [-0.39, 0.29) is 11.8 Å². The first-order valence-corrected chi connectivity index (χ1v) is 10.7. The minimum atomic E-state index is -0.585. The fourth-order valence-corrected chi connectivity index (χ4v) is 4.15. The third-order valence-corrected chi connectivity index (χ3v) is 5.87. The average molecular weight is 437 g/mol. The summed E-state index contributed by atoms with van der Waals surface area (Å²) in [7, 11) is 1.63. The highest BCUT2D eigenvalue weighted by atomic mass is 19.1. The maximum atomic E-state index is 14.0. The number of amides is 1. The average Bonchev–Trinajstić information content (AvgIpc) is 2.81. The van der Waals surface area contributed by atoms with Crippen molar-refractivity contribution in [3.05, 3.63) is 83.9 Å². The Morgan fingerprint density at radius 1 is 1.09 bits per heavy atom. The Kier molecular flexibility index (Phi) is 6.81. The van der Waals surface area contributed by atoms with Crippen LogP contribution >= 0.6 is 0 Å². The first-order valence-electron chi connectivity index (χ1n) is 10.7. The van der Waals surface area contributed by atoms with E-state index in [0.29, 0.717) is 18.7 Å². The quantitative estimate of drug-likeness (QED) is 0.556. The minimum absolute atomic E-state index is 0.0461. The number of nitrogens with zero attached hydrogens (tertiary/aromatic N) is 1. The number of likely N-dealkylation sites (tertiary alicyclic amines) is 1. The summed E-state index contributed by atoms with van der Waals surface area (Å²) in [4.78, 5) is 15.1. The van der Waals surface area contributed by atoms with Crippen LogP contribution in [0.25, 0.3) is 11.1 Å². The molecule has 0 aromatic heterocycles. The van der Waals surface area contributed by atoms with Gasteiger partial charge in [0, 0.05) is 36.0 Å². The van der Waals surface area contributed by atoms with Crippen LogP contribution in [0.15, 0.2) is 66.7 Å². The van der Waals surface area contributed by atoms with Crippen molar-refractivity contribution in [2.75, 3.05) is 25.5 Å². The van der Waals surface area contributed by atoms with Crippen molar-refractivity contribution in [1.82, 2.24) is 4.90 Å². The Morgan fingerprint density at radius 3 is 2.62 bits per heavy atom. The van der Waals surface area contributed by atoms with E-state index in [1.807, 2.05) is 48.5 Å². The van der Waals surface area contributed by atoms with Crippen LogP contribution in [0.5, 0.6) is 5.75 Å². The van der Waals surface area contributed by atoms with Gasteiger partial charge in [-0.15, -0.1) is 0 Å². The largest absolute Gasteiger partial charge is 0.497 e. The van der Waals surface area contributed by atoms with Gasteiger partial charge in [-0.25, -0.2) is 8.78 Å². The SMILES string of the molecule is COc1ccc(-c2ccccc2NC(=O)C2CCCN(Cc3ccc(F)cc3F)C2)cc1. The van der Waals surface area contributed by atoms with Gasteiger partial charge in [0.2, 0.25) is 5.91 Å². The van der Waals surface area contributed by atoms with E-state index in [0.717, 1.165) is 48.0 Å². The van der Waals surface area contributed by atoms with Crippen LogP contribution in [0.4, 0.5) is 14.5 Å². The third-order valence-electron chi connectivity index (χ3n) is 5.87. The zero-order valence-electron chi connectivity index (χ0n) is 18.0. The number of benzene rings is 3. The van der Waals surface area contributed by atoms with Gasteiger partial charge in [0.05, 0.1) is 13.0 Å². The van der Waals surface area contributed by atoms with Crippen LogP contribution in [0.1, 0.15) is 18.4 Å². The van der Waals surface area contributed by atoms with Gasteiger partial charge < -0.3 is 10.1 Å². The molecule has 0 radical (unpaired) electrons. The zero-order chi connectivity index (χ0) is 22.5. The lowest BCUT2D eigenvalue weighted by molar-refractivity contribution is -0.121. The summed E-state index contributed by atoms with van der Waals surface area (Å²) in [5.41, 5.74) is 3.12. The maximum Gasteiger partial charge on any atom is 0.228 e. The molecular weight excluding hydrogens is 410 g/mol. The van der Waals surface area contributed by atoms with Crippen molar-refractivity contribution in [3.63, 3.8) is 0 Å². The number of para-hydroxylation sites is 1. The molecule has 1 atom stereocenters. The lowest BCUT2D eigenvalue weighted by atomic mass is 9.96. The first kappa shape index (κ1) is 22.0. The van der Waals surface area contributed by atoms with Crippen molar-refractivity contribution in [2.24, 2.45) is 5.92 Å².